The van der Waals surface area contributed by atoms with Crippen LogP contribution in [0.25, 0.3) is 0 Å². The number of rotatable bonds is 15. The zero-order chi connectivity index (χ0) is 23.3. The maximum absolute atomic E-state index is 11.0. The lowest BCUT2D eigenvalue weighted by Crippen LogP contribution is -2.19. The van der Waals surface area contributed by atoms with Gasteiger partial charge in [0.25, 0.3) is 0 Å². The summed E-state index contributed by atoms with van der Waals surface area (Å²) in [6.07, 6.45) is 5.80. The van der Waals surface area contributed by atoms with Gasteiger partial charge >= 0.3 is 11.9 Å². The minimum Gasteiger partial charge on any atom is -0.507 e. The molecule has 0 fully saturated rings. The zero-order valence-corrected chi connectivity index (χ0v) is 22.4. The Bertz CT molecular complexity index is 838. The number of hydrogen-bond acceptors (Lipinski definition) is 6. The van der Waals surface area contributed by atoms with Crippen molar-refractivity contribution in [3.63, 3.8) is 0 Å². The third kappa shape index (κ3) is 11.3. The van der Waals surface area contributed by atoms with E-state index in [1.54, 1.807) is 12.1 Å². The van der Waals surface area contributed by atoms with Gasteiger partial charge in [-0.25, -0.2) is 9.59 Å². The van der Waals surface area contributed by atoms with Crippen LogP contribution in [0.2, 0.25) is 0 Å². The summed E-state index contributed by atoms with van der Waals surface area (Å²) >= 11 is 0. The second-order valence-corrected chi connectivity index (χ2v) is 7.73. The minimum atomic E-state index is -1.13. The van der Waals surface area contributed by atoms with Gasteiger partial charge in [0.1, 0.15) is 22.6 Å². The van der Waals surface area contributed by atoms with Crippen LogP contribution in [0, 0.1) is 0 Å². The van der Waals surface area contributed by atoms with Crippen LogP contribution in [0.4, 0.5) is 0 Å². The van der Waals surface area contributed by atoms with E-state index in [-0.39, 0.29) is 56.6 Å². The van der Waals surface area contributed by atoms with Crippen LogP contribution in [-0.4, -0.2) is 58.5 Å². The van der Waals surface area contributed by atoms with E-state index in [1.165, 1.54) is 24.3 Å². The summed E-state index contributed by atoms with van der Waals surface area (Å²) in [7, 11) is 0. The number of carboxylic acid groups (broad SMARTS) is 2. The number of benzene rings is 2. The molecule has 0 spiro atoms. The second kappa shape index (κ2) is 17.3. The summed E-state index contributed by atoms with van der Waals surface area (Å²) in [4.78, 5) is 22.1. The zero-order valence-electron chi connectivity index (χ0n) is 19.0. The molecule has 0 saturated heterocycles. The normalized spacial score (nSPS) is 10.2. The van der Waals surface area contributed by atoms with Crippen molar-refractivity contribution in [2.75, 3.05) is 26.2 Å². The lowest BCUT2D eigenvalue weighted by molar-refractivity contribution is 0.0682. The maximum Gasteiger partial charge on any atom is 0.339 e. The van der Waals surface area contributed by atoms with E-state index in [9.17, 15) is 19.8 Å². The monoisotopic (exact) mass is 604 g/mol. The molecule has 0 aliphatic carbocycles. The van der Waals surface area contributed by atoms with E-state index < -0.39 is 11.9 Å². The fourth-order valence-corrected chi connectivity index (χ4v) is 3.39. The number of carbonyl (C=O) groups is 2. The molecule has 0 heterocycles. The quantitative estimate of drug-likeness (QED) is 0.166. The molecule has 0 aliphatic heterocycles. The van der Waals surface area contributed by atoms with Gasteiger partial charge in [0.15, 0.2) is 0 Å². The highest BCUT2D eigenvalue weighted by atomic mass is 79.9. The molecule has 0 unspecified atom stereocenters. The summed E-state index contributed by atoms with van der Waals surface area (Å²) in [5, 5.41) is 43.8. The average molecular weight is 606 g/mol. The second-order valence-electron chi connectivity index (χ2n) is 7.73. The summed E-state index contributed by atoms with van der Waals surface area (Å²) in [5.74, 6) is -2.67. The molecule has 6 N–H and O–H groups in total. The van der Waals surface area contributed by atoms with E-state index in [2.05, 4.69) is 10.6 Å². The highest BCUT2D eigenvalue weighted by molar-refractivity contribution is 8.93. The molecule has 2 rings (SSSR count). The van der Waals surface area contributed by atoms with Crippen LogP contribution >= 0.6 is 34.0 Å². The molecule has 0 aliphatic rings. The van der Waals surface area contributed by atoms with Gasteiger partial charge in [-0.05, 0) is 87.3 Å². The predicted octanol–water partition coefficient (Wildman–Crippen LogP) is 4.17. The molecular formula is C24H34Br2N2O6. The molecule has 2 aromatic carbocycles. The number of nitrogens with one attached hydrogen (secondary N) is 2. The van der Waals surface area contributed by atoms with Crippen LogP contribution in [0.1, 0.15) is 57.5 Å². The number of aromatic carboxylic acids is 2. The Labute approximate surface area is 220 Å². The summed E-state index contributed by atoms with van der Waals surface area (Å²) in [6, 6.07) is 9.35. The van der Waals surface area contributed by atoms with Gasteiger partial charge in [-0.2, -0.15) is 0 Å². The topological polar surface area (TPSA) is 139 Å². The first-order chi connectivity index (χ1) is 15.4. The molecule has 10 heteroatoms. The van der Waals surface area contributed by atoms with E-state index >= 15 is 0 Å². The molecule has 190 valence electrons. The van der Waals surface area contributed by atoms with Crippen molar-refractivity contribution in [3.05, 3.63) is 58.7 Å². The third-order valence-electron chi connectivity index (χ3n) is 5.22. The van der Waals surface area contributed by atoms with E-state index in [0.717, 1.165) is 63.0 Å². The van der Waals surface area contributed by atoms with Crippen molar-refractivity contribution in [2.24, 2.45) is 0 Å². The first-order valence-electron chi connectivity index (χ1n) is 10.9. The lowest BCUT2D eigenvalue weighted by atomic mass is 10.1. The van der Waals surface area contributed by atoms with Gasteiger partial charge < -0.3 is 31.1 Å². The SMILES string of the molecule is Br.Br.O=C(O)c1cc(CCNCCCCCCNCCc2ccc(O)c(C(=O)O)c2)ccc1O. The highest BCUT2D eigenvalue weighted by Gasteiger charge is 2.10. The van der Waals surface area contributed by atoms with Gasteiger partial charge in [-0.3, -0.25) is 0 Å². The fraction of sp³-hybridized carbons (Fsp3) is 0.417. The minimum absolute atomic E-state index is 0. The molecule has 34 heavy (non-hydrogen) atoms. The van der Waals surface area contributed by atoms with Crippen LogP contribution < -0.4 is 10.6 Å². The average Bonchev–Trinajstić information content (AvgIpc) is 2.76. The van der Waals surface area contributed by atoms with Crippen molar-refractivity contribution in [3.8, 4) is 11.5 Å². The molecule has 0 bridgehead atoms. The number of hydrogen-bond donors (Lipinski definition) is 6. The molecule has 0 radical (unpaired) electrons. The van der Waals surface area contributed by atoms with Crippen LogP contribution in [0.3, 0.4) is 0 Å². The maximum atomic E-state index is 11.0. The van der Waals surface area contributed by atoms with Crippen molar-refractivity contribution < 1.29 is 30.0 Å². The Morgan fingerprint density at radius 1 is 0.618 bits per heavy atom. The van der Waals surface area contributed by atoms with Gasteiger partial charge in [0.2, 0.25) is 0 Å². The molecule has 8 nitrogen and oxygen atoms in total. The number of phenols is 2. The highest BCUT2D eigenvalue weighted by Crippen LogP contribution is 2.19. The molecule has 0 saturated carbocycles. The summed E-state index contributed by atoms with van der Waals surface area (Å²) in [5.41, 5.74) is 1.63. The predicted molar refractivity (Wildman–Crippen MR) is 142 cm³/mol. The number of aromatic hydroxyl groups is 2. The smallest absolute Gasteiger partial charge is 0.339 e. The van der Waals surface area contributed by atoms with Crippen molar-refractivity contribution in [1.29, 1.82) is 0 Å². The van der Waals surface area contributed by atoms with Gasteiger partial charge in [-0.15, -0.1) is 34.0 Å². The van der Waals surface area contributed by atoms with Crippen LogP contribution in [-0.2, 0) is 12.8 Å². The number of carboxylic acids is 2. The van der Waals surface area contributed by atoms with Gasteiger partial charge in [0, 0.05) is 0 Å². The Kier molecular flexibility index (Phi) is 16.2. The molecule has 0 aromatic heterocycles. The van der Waals surface area contributed by atoms with Crippen LogP contribution in [0.5, 0.6) is 11.5 Å². The lowest BCUT2D eigenvalue weighted by Gasteiger charge is -2.08. The Morgan fingerprint density at radius 2 is 1.00 bits per heavy atom. The molecular weight excluding hydrogens is 572 g/mol. The largest absolute Gasteiger partial charge is 0.507 e. The number of halogens is 2. The Morgan fingerprint density at radius 3 is 1.35 bits per heavy atom. The first kappa shape index (κ1) is 31.9. The summed E-state index contributed by atoms with van der Waals surface area (Å²) in [6.45, 7) is 3.33. The third-order valence-corrected chi connectivity index (χ3v) is 5.22. The Balaban J connectivity index is 0.00000544. The molecule has 0 amide bonds. The van der Waals surface area contributed by atoms with Crippen LogP contribution in [0.15, 0.2) is 36.4 Å². The van der Waals surface area contributed by atoms with Crippen molar-refractivity contribution in [2.45, 2.75) is 38.5 Å². The Hall–Kier alpha value is -2.14. The van der Waals surface area contributed by atoms with Gasteiger partial charge in [0.05, 0.1) is 0 Å². The first-order valence-corrected chi connectivity index (χ1v) is 10.9. The fourth-order valence-electron chi connectivity index (χ4n) is 3.39. The number of unbranched alkanes of at least 4 members (excludes halogenated alkanes) is 3. The molecule has 2 aromatic rings. The molecule has 0 atom stereocenters. The van der Waals surface area contributed by atoms with E-state index in [4.69, 9.17) is 10.2 Å². The standard InChI is InChI=1S/C24H32N2O6.2BrH/c27-21-7-5-17(15-19(21)23(29)30)9-13-25-11-3-1-2-4-12-26-14-10-18-6-8-22(28)20(16-18)24(31)32;;/h5-8,15-16,25-28H,1-4,9-14H2,(H,29,30)(H,31,32);2*1H. The summed E-state index contributed by atoms with van der Waals surface area (Å²) < 4.78 is 0. The van der Waals surface area contributed by atoms with Gasteiger partial charge in [-0.1, -0.05) is 25.0 Å². The van der Waals surface area contributed by atoms with Crippen molar-refractivity contribution in [1.82, 2.24) is 10.6 Å². The van der Waals surface area contributed by atoms with Crippen molar-refractivity contribution >= 4 is 45.9 Å². The van der Waals surface area contributed by atoms with E-state index in [1.807, 2.05) is 0 Å². The van der Waals surface area contributed by atoms with E-state index in [0.29, 0.717) is 12.8 Å².